The molecule has 3 nitrogen and oxygen atoms in total. The number of benzene rings is 2. The second kappa shape index (κ2) is 6.01. The average Bonchev–Trinajstić information content (AvgIpc) is 2.53. The van der Waals surface area contributed by atoms with Gasteiger partial charge in [0.05, 0.1) is 11.0 Å². The molecule has 21 heavy (non-hydrogen) atoms. The smallest absolute Gasteiger partial charge is 0.274 e. The molecule has 1 aromatic heterocycles. The summed E-state index contributed by atoms with van der Waals surface area (Å²) in [6, 6.07) is 17.5. The molecule has 0 saturated carbocycles. The Labute approximate surface area is 122 Å². The molecule has 0 amide bonds. The summed E-state index contributed by atoms with van der Waals surface area (Å²) in [5.74, 6) is 0. The molecule has 0 aliphatic heterocycles. The predicted molar refractivity (Wildman–Crippen MR) is 86.9 cm³/mol. The lowest BCUT2D eigenvalue weighted by atomic mass is 10.2. The van der Waals surface area contributed by atoms with Gasteiger partial charge in [0.15, 0.2) is 0 Å². The SMILES string of the molecule is O=c1[nH]c2ccccc2nc1C=CC=Cc1ccccc1. The number of nitrogens with one attached hydrogen (secondary N) is 1. The third kappa shape index (κ3) is 3.15. The number of rotatable bonds is 3. The van der Waals surface area contributed by atoms with Crippen molar-refractivity contribution in [3.05, 3.63) is 88.4 Å². The van der Waals surface area contributed by atoms with E-state index in [4.69, 9.17) is 0 Å². The Bertz CT molecular complexity index is 861. The van der Waals surface area contributed by atoms with Crippen molar-refractivity contribution < 1.29 is 0 Å². The Morgan fingerprint density at radius 1 is 0.857 bits per heavy atom. The maximum atomic E-state index is 11.9. The molecule has 0 radical (unpaired) electrons. The van der Waals surface area contributed by atoms with Gasteiger partial charge in [-0.2, -0.15) is 0 Å². The Balaban J connectivity index is 1.84. The van der Waals surface area contributed by atoms with Crippen molar-refractivity contribution in [3.63, 3.8) is 0 Å². The van der Waals surface area contributed by atoms with Gasteiger partial charge in [0.25, 0.3) is 5.56 Å². The Hall–Kier alpha value is -2.94. The molecule has 3 rings (SSSR count). The molecule has 2 aromatic carbocycles. The summed E-state index contributed by atoms with van der Waals surface area (Å²) < 4.78 is 0. The van der Waals surface area contributed by atoms with E-state index in [1.807, 2.05) is 72.8 Å². The standard InChI is InChI=1S/C18H14N2O/c21-18-17(19-15-11-6-7-12-16(15)20-18)13-5-4-10-14-8-2-1-3-9-14/h1-13H,(H,20,21). The molecule has 1 N–H and O–H groups in total. The summed E-state index contributed by atoms with van der Waals surface area (Å²) in [5, 5.41) is 0. The molecule has 102 valence electrons. The molecule has 3 aromatic rings. The van der Waals surface area contributed by atoms with Crippen molar-refractivity contribution in [2.24, 2.45) is 0 Å². The van der Waals surface area contributed by atoms with Gasteiger partial charge < -0.3 is 4.98 Å². The van der Waals surface area contributed by atoms with Gasteiger partial charge in [-0.05, 0) is 23.8 Å². The van der Waals surface area contributed by atoms with Crippen LogP contribution in [0, 0.1) is 0 Å². The van der Waals surface area contributed by atoms with E-state index < -0.39 is 0 Å². The van der Waals surface area contributed by atoms with Crippen molar-refractivity contribution in [1.29, 1.82) is 0 Å². The molecule has 3 heteroatoms. The van der Waals surface area contributed by atoms with Gasteiger partial charge in [-0.1, -0.05) is 60.7 Å². The molecule has 0 saturated heterocycles. The van der Waals surface area contributed by atoms with Crippen LogP contribution < -0.4 is 5.56 Å². The van der Waals surface area contributed by atoms with Crippen LogP contribution in [0.15, 0.2) is 71.5 Å². The first kappa shape index (κ1) is 13.1. The summed E-state index contributed by atoms with van der Waals surface area (Å²) in [7, 11) is 0. The van der Waals surface area contributed by atoms with Crippen molar-refractivity contribution in [3.8, 4) is 0 Å². The second-order valence-electron chi connectivity index (χ2n) is 4.60. The second-order valence-corrected chi connectivity index (χ2v) is 4.60. The summed E-state index contributed by atoms with van der Waals surface area (Å²) in [6.45, 7) is 0. The van der Waals surface area contributed by atoms with Gasteiger partial charge in [0.2, 0.25) is 0 Å². The van der Waals surface area contributed by atoms with Gasteiger partial charge in [-0.3, -0.25) is 4.79 Å². The number of H-pyrrole nitrogens is 1. The highest BCUT2D eigenvalue weighted by molar-refractivity contribution is 5.74. The zero-order valence-electron chi connectivity index (χ0n) is 11.4. The summed E-state index contributed by atoms with van der Waals surface area (Å²) in [4.78, 5) is 19.1. The fraction of sp³-hybridized carbons (Fsp3) is 0. The Morgan fingerprint density at radius 3 is 2.43 bits per heavy atom. The van der Waals surface area contributed by atoms with E-state index in [0.717, 1.165) is 16.6 Å². The molecule has 0 unspecified atom stereocenters. The van der Waals surface area contributed by atoms with Gasteiger partial charge >= 0.3 is 0 Å². The van der Waals surface area contributed by atoms with E-state index in [9.17, 15) is 4.79 Å². The summed E-state index contributed by atoms with van der Waals surface area (Å²) in [6.07, 6.45) is 7.40. The first-order chi connectivity index (χ1) is 10.3. The van der Waals surface area contributed by atoms with Crippen LogP contribution in [0.3, 0.4) is 0 Å². The third-order valence-corrected chi connectivity index (χ3v) is 3.08. The largest absolute Gasteiger partial charge is 0.319 e. The quantitative estimate of drug-likeness (QED) is 0.741. The topological polar surface area (TPSA) is 45.8 Å². The van der Waals surface area contributed by atoms with Gasteiger partial charge in [0, 0.05) is 0 Å². The lowest BCUT2D eigenvalue weighted by molar-refractivity contribution is 1.19. The van der Waals surface area contributed by atoms with Crippen LogP contribution in [0.25, 0.3) is 23.2 Å². The fourth-order valence-electron chi connectivity index (χ4n) is 2.03. The van der Waals surface area contributed by atoms with E-state index in [2.05, 4.69) is 9.97 Å². The van der Waals surface area contributed by atoms with Crippen LogP contribution in [0.2, 0.25) is 0 Å². The van der Waals surface area contributed by atoms with Crippen molar-refractivity contribution >= 4 is 23.2 Å². The maximum absolute atomic E-state index is 11.9. The van der Waals surface area contributed by atoms with Crippen LogP contribution >= 0.6 is 0 Å². The molecule has 0 atom stereocenters. The number of hydrogen-bond acceptors (Lipinski definition) is 2. The number of aromatic nitrogens is 2. The molecule has 0 spiro atoms. The molecule has 1 heterocycles. The summed E-state index contributed by atoms with van der Waals surface area (Å²) >= 11 is 0. The van der Waals surface area contributed by atoms with E-state index in [0.29, 0.717) is 5.69 Å². The average molecular weight is 274 g/mol. The van der Waals surface area contributed by atoms with Crippen LogP contribution in [0.4, 0.5) is 0 Å². The minimum Gasteiger partial charge on any atom is -0.319 e. The zero-order chi connectivity index (χ0) is 14.5. The minimum absolute atomic E-state index is 0.182. The highest BCUT2D eigenvalue weighted by atomic mass is 16.1. The highest BCUT2D eigenvalue weighted by Crippen LogP contribution is 2.07. The van der Waals surface area contributed by atoms with Crippen molar-refractivity contribution in [2.45, 2.75) is 0 Å². The van der Waals surface area contributed by atoms with Crippen molar-refractivity contribution in [2.75, 3.05) is 0 Å². The minimum atomic E-state index is -0.182. The maximum Gasteiger partial charge on any atom is 0.274 e. The number of para-hydroxylation sites is 2. The molecular weight excluding hydrogens is 260 g/mol. The van der Waals surface area contributed by atoms with E-state index in [1.165, 1.54) is 0 Å². The van der Waals surface area contributed by atoms with Crippen molar-refractivity contribution in [1.82, 2.24) is 9.97 Å². The van der Waals surface area contributed by atoms with Crippen LogP contribution in [-0.2, 0) is 0 Å². The lowest BCUT2D eigenvalue weighted by Crippen LogP contribution is -2.11. The van der Waals surface area contributed by atoms with E-state index in [-0.39, 0.29) is 5.56 Å². The first-order valence-electron chi connectivity index (χ1n) is 6.72. The summed E-state index contributed by atoms with van der Waals surface area (Å²) in [5.41, 5.74) is 2.87. The number of hydrogen-bond donors (Lipinski definition) is 1. The third-order valence-electron chi connectivity index (χ3n) is 3.08. The fourth-order valence-corrected chi connectivity index (χ4v) is 2.03. The first-order valence-corrected chi connectivity index (χ1v) is 6.72. The lowest BCUT2D eigenvalue weighted by Gasteiger charge is -1.97. The monoisotopic (exact) mass is 274 g/mol. The van der Waals surface area contributed by atoms with Crippen LogP contribution in [0.5, 0.6) is 0 Å². The number of allylic oxidation sites excluding steroid dienone is 2. The Kier molecular flexibility index (Phi) is 3.74. The normalized spacial score (nSPS) is 11.6. The highest BCUT2D eigenvalue weighted by Gasteiger charge is 1.99. The van der Waals surface area contributed by atoms with E-state index >= 15 is 0 Å². The van der Waals surface area contributed by atoms with Crippen LogP contribution in [0.1, 0.15) is 11.3 Å². The van der Waals surface area contributed by atoms with Crippen LogP contribution in [-0.4, -0.2) is 9.97 Å². The molecule has 0 fully saturated rings. The molecular formula is C18H14N2O. The zero-order valence-corrected chi connectivity index (χ0v) is 11.4. The number of aromatic amines is 1. The van der Waals surface area contributed by atoms with Gasteiger partial charge in [-0.25, -0.2) is 4.98 Å². The molecule has 0 aliphatic rings. The number of fused-ring (bicyclic) bond motifs is 1. The molecule has 0 bridgehead atoms. The molecule has 0 aliphatic carbocycles. The predicted octanol–water partition coefficient (Wildman–Crippen LogP) is 3.65. The van der Waals surface area contributed by atoms with Gasteiger partial charge in [-0.15, -0.1) is 0 Å². The number of nitrogens with zero attached hydrogens (tertiary/aromatic N) is 1. The van der Waals surface area contributed by atoms with Gasteiger partial charge in [0.1, 0.15) is 5.69 Å². The Morgan fingerprint density at radius 2 is 1.57 bits per heavy atom. The van der Waals surface area contributed by atoms with E-state index in [1.54, 1.807) is 6.08 Å².